The Balaban J connectivity index is 2.72. The van der Waals surface area contributed by atoms with Gasteiger partial charge in [-0.3, -0.25) is 9.48 Å². The van der Waals surface area contributed by atoms with Crippen LogP contribution in [0.25, 0.3) is 5.69 Å². The molecule has 5 heteroatoms. The lowest BCUT2D eigenvalue weighted by molar-refractivity contribution is 0.615. The summed E-state index contributed by atoms with van der Waals surface area (Å²) in [6, 6.07) is 9.47. The fraction of sp³-hybridized carbons (Fsp3) is 0.182. The average Bonchev–Trinajstić information content (AvgIpc) is 2.51. The first kappa shape index (κ1) is 11.2. The molecule has 1 heterocycles. The van der Waals surface area contributed by atoms with E-state index >= 15 is 0 Å². The van der Waals surface area contributed by atoms with Gasteiger partial charge in [0, 0.05) is 13.6 Å². The van der Waals surface area contributed by atoms with Crippen molar-refractivity contribution < 1.29 is 0 Å². The van der Waals surface area contributed by atoms with Gasteiger partial charge in [0.25, 0.3) is 5.56 Å². The highest BCUT2D eigenvalue weighted by Gasteiger charge is 2.14. The van der Waals surface area contributed by atoms with E-state index in [0.717, 1.165) is 11.4 Å². The maximum absolute atomic E-state index is 12.0. The zero-order valence-electron chi connectivity index (χ0n) is 8.85. The molecule has 16 heavy (non-hydrogen) atoms. The highest BCUT2D eigenvalue weighted by Crippen LogP contribution is 2.14. The molecule has 0 aliphatic rings. The summed E-state index contributed by atoms with van der Waals surface area (Å²) < 4.78 is 3.88. The molecule has 0 spiro atoms. The fourth-order valence-electron chi connectivity index (χ4n) is 1.70. The minimum Gasteiger partial charge on any atom is -0.325 e. The van der Waals surface area contributed by atoms with E-state index in [4.69, 9.17) is 5.73 Å². The van der Waals surface area contributed by atoms with Crippen molar-refractivity contribution in [2.24, 2.45) is 12.8 Å². The Morgan fingerprint density at radius 3 is 2.44 bits per heavy atom. The number of nitrogens with two attached hydrogens (primary N) is 1. The summed E-state index contributed by atoms with van der Waals surface area (Å²) in [6.07, 6.45) is 0. The van der Waals surface area contributed by atoms with Gasteiger partial charge < -0.3 is 5.73 Å². The molecular weight excluding hydrogens is 270 g/mol. The number of benzene rings is 1. The quantitative estimate of drug-likeness (QED) is 0.905. The second-order valence-corrected chi connectivity index (χ2v) is 4.23. The van der Waals surface area contributed by atoms with E-state index in [9.17, 15) is 4.79 Å². The summed E-state index contributed by atoms with van der Waals surface area (Å²) in [7, 11) is 1.82. The Labute approximate surface area is 101 Å². The summed E-state index contributed by atoms with van der Waals surface area (Å²) in [4.78, 5) is 12.0. The number of nitrogens with zero attached hydrogens (tertiary/aromatic N) is 2. The predicted molar refractivity (Wildman–Crippen MR) is 66.6 cm³/mol. The zero-order valence-corrected chi connectivity index (χ0v) is 10.4. The van der Waals surface area contributed by atoms with Crippen molar-refractivity contribution in [1.82, 2.24) is 9.36 Å². The lowest BCUT2D eigenvalue weighted by Crippen LogP contribution is -2.20. The molecule has 4 nitrogen and oxygen atoms in total. The summed E-state index contributed by atoms with van der Waals surface area (Å²) in [6.45, 7) is 0.326. The molecule has 84 valence electrons. The lowest BCUT2D eigenvalue weighted by Gasteiger charge is -2.08. The van der Waals surface area contributed by atoms with Gasteiger partial charge in [-0.25, -0.2) is 4.68 Å². The van der Waals surface area contributed by atoms with Crippen LogP contribution < -0.4 is 11.3 Å². The topological polar surface area (TPSA) is 52.9 Å². The minimum atomic E-state index is -0.0887. The molecule has 1 aromatic carbocycles. The smallest absolute Gasteiger partial charge is 0.286 e. The molecule has 0 amide bonds. The maximum atomic E-state index is 12.0. The number of halogens is 1. The molecule has 2 rings (SSSR count). The second-order valence-electron chi connectivity index (χ2n) is 3.44. The lowest BCUT2D eigenvalue weighted by atomic mass is 10.3. The average molecular weight is 282 g/mol. The Morgan fingerprint density at radius 2 is 1.94 bits per heavy atom. The van der Waals surface area contributed by atoms with Gasteiger partial charge in [-0.1, -0.05) is 18.2 Å². The van der Waals surface area contributed by atoms with Gasteiger partial charge in [0.1, 0.15) is 4.47 Å². The standard InChI is InChI=1S/C11H12BrN3O/c1-14-9(7-13)10(12)11(16)15(14)8-5-3-2-4-6-8/h2-6H,7,13H2,1H3. The molecule has 1 aromatic heterocycles. The molecule has 2 N–H and O–H groups in total. The molecule has 0 saturated heterocycles. The van der Waals surface area contributed by atoms with Crippen LogP contribution in [0.15, 0.2) is 39.6 Å². The number of rotatable bonds is 2. The van der Waals surface area contributed by atoms with E-state index in [2.05, 4.69) is 15.9 Å². The summed E-state index contributed by atoms with van der Waals surface area (Å²) in [5.74, 6) is 0. The van der Waals surface area contributed by atoms with Crippen LogP contribution in [0.5, 0.6) is 0 Å². The van der Waals surface area contributed by atoms with Crippen molar-refractivity contribution in [1.29, 1.82) is 0 Å². The number of aromatic nitrogens is 2. The van der Waals surface area contributed by atoms with E-state index < -0.39 is 0 Å². The van der Waals surface area contributed by atoms with Crippen LogP contribution in [0.1, 0.15) is 5.69 Å². The molecule has 0 fully saturated rings. The maximum Gasteiger partial charge on any atom is 0.286 e. The van der Waals surface area contributed by atoms with Crippen LogP contribution >= 0.6 is 15.9 Å². The normalized spacial score (nSPS) is 10.7. The van der Waals surface area contributed by atoms with Crippen LogP contribution in [0.3, 0.4) is 0 Å². The van der Waals surface area contributed by atoms with Gasteiger partial charge >= 0.3 is 0 Å². The van der Waals surface area contributed by atoms with E-state index in [-0.39, 0.29) is 5.56 Å². The predicted octanol–water partition coefficient (Wildman–Crippen LogP) is 1.40. The summed E-state index contributed by atoms with van der Waals surface area (Å²) in [5.41, 5.74) is 7.14. The first-order valence-corrected chi connectivity index (χ1v) is 5.68. The molecule has 0 saturated carbocycles. The minimum absolute atomic E-state index is 0.0887. The van der Waals surface area contributed by atoms with E-state index in [1.165, 1.54) is 0 Å². The molecule has 0 bridgehead atoms. The van der Waals surface area contributed by atoms with Crippen molar-refractivity contribution in [3.05, 3.63) is 50.9 Å². The molecular formula is C11H12BrN3O. The van der Waals surface area contributed by atoms with Crippen LogP contribution in [0, 0.1) is 0 Å². The third-order valence-corrected chi connectivity index (χ3v) is 3.32. The third-order valence-electron chi connectivity index (χ3n) is 2.52. The number of para-hydroxylation sites is 1. The van der Waals surface area contributed by atoms with Gasteiger partial charge in [-0.15, -0.1) is 0 Å². The van der Waals surface area contributed by atoms with Crippen molar-refractivity contribution in [2.45, 2.75) is 6.54 Å². The van der Waals surface area contributed by atoms with Gasteiger partial charge in [-0.05, 0) is 28.1 Å². The molecule has 2 aromatic rings. The van der Waals surface area contributed by atoms with Gasteiger partial charge in [0.05, 0.1) is 11.4 Å². The Hall–Kier alpha value is -1.33. The molecule has 0 aliphatic heterocycles. The Bertz CT molecular complexity index is 557. The second kappa shape index (κ2) is 4.27. The van der Waals surface area contributed by atoms with Crippen molar-refractivity contribution in [2.75, 3.05) is 0 Å². The number of hydrogen-bond acceptors (Lipinski definition) is 2. The largest absolute Gasteiger partial charge is 0.325 e. The van der Waals surface area contributed by atoms with Crippen molar-refractivity contribution in [3.63, 3.8) is 0 Å². The third kappa shape index (κ3) is 1.62. The monoisotopic (exact) mass is 281 g/mol. The van der Waals surface area contributed by atoms with Crippen LogP contribution in [0.4, 0.5) is 0 Å². The highest BCUT2D eigenvalue weighted by atomic mass is 79.9. The zero-order chi connectivity index (χ0) is 11.7. The molecule has 0 aliphatic carbocycles. The summed E-state index contributed by atoms with van der Waals surface area (Å²) >= 11 is 3.28. The van der Waals surface area contributed by atoms with E-state index in [1.807, 2.05) is 37.4 Å². The van der Waals surface area contributed by atoms with Crippen LogP contribution in [-0.4, -0.2) is 9.36 Å². The van der Waals surface area contributed by atoms with Gasteiger partial charge in [0.15, 0.2) is 0 Å². The molecule has 0 atom stereocenters. The first-order chi connectivity index (χ1) is 7.66. The van der Waals surface area contributed by atoms with E-state index in [1.54, 1.807) is 9.36 Å². The Morgan fingerprint density at radius 1 is 1.31 bits per heavy atom. The van der Waals surface area contributed by atoms with E-state index in [0.29, 0.717) is 11.0 Å². The number of hydrogen-bond donors (Lipinski definition) is 1. The molecule has 0 unspecified atom stereocenters. The SMILES string of the molecule is Cn1c(CN)c(Br)c(=O)n1-c1ccccc1. The fourth-order valence-corrected chi connectivity index (χ4v) is 2.28. The van der Waals surface area contributed by atoms with Crippen molar-refractivity contribution >= 4 is 15.9 Å². The highest BCUT2D eigenvalue weighted by molar-refractivity contribution is 9.10. The van der Waals surface area contributed by atoms with Crippen LogP contribution in [0.2, 0.25) is 0 Å². The van der Waals surface area contributed by atoms with Gasteiger partial charge in [-0.2, -0.15) is 0 Å². The Kier molecular flexibility index (Phi) is 2.98. The van der Waals surface area contributed by atoms with Crippen LogP contribution in [-0.2, 0) is 13.6 Å². The first-order valence-electron chi connectivity index (χ1n) is 4.88. The van der Waals surface area contributed by atoms with Gasteiger partial charge in [0.2, 0.25) is 0 Å². The van der Waals surface area contributed by atoms with Crippen molar-refractivity contribution in [3.8, 4) is 5.69 Å². The summed E-state index contributed by atoms with van der Waals surface area (Å²) in [5, 5.41) is 0. The molecule has 0 radical (unpaired) electrons.